The first-order valence-corrected chi connectivity index (χ1v) is 9.04. The average molecular weight is 373 g/mol. The fourth-order valence-corrected chi connectivity index (χ4v) is 3.09. The predicted molar refractivity (Wildman–Crippen MR) is 97.6 cm³/mol. The van der Waals surface area contributed by atoms with Crippen LogP contribution in [0.5, 0.6) is 23.0 Å². The van der Waals surface area contributed by atoms with Crippen LogP contribution >= 0.6 is 0 Å². The second kappa shape index (κ2) is 8.04. The molecule has 0 bridgehead atoms. The van der Waals surface area contributed by atoms with Gasteiger partial charge in [0.2, 0.25) is 0 Å². The molecule has 0 saturated heterocycles. The van der Waals surface area contributed by atoms with E-state index in [1.165, 1.54) is 0 Å². The van der Waals surface area contributed by atoms with Gasteiger partial charge in [0.25, 0.3) is 0 Å². The van der Waals surface area contributed by atoms with E-state index in [0.717, 1.165) is 0 Å². The second-order valence-corrected chi connectivity index (χ2v) is 6.62. The minimum atomic E-state index is -0.769. The van der Waals surface area contributed by atoms with Crippen LogP contribution in [0.25, 0.3) is 0 Å². The van der Waals surface area contributed by atoms with Crippen molar-refractivity contribution in [3.8, 4) is 23.0 Å². The van der Waals surface area contributed by atoms with E-state index in [9.17, 15) is 10.2 Å². The molecule has 0 saturated carbocycles. The zero-order chi connectivity index (χ0) is 18.6. The zero-order valence-electron chi connectivity index (χ0n) is 14.8. The number of hydrogen-bond donors (Lipinski definition) is 3. The highest BCUT2D eigenvalue weighted by molar-refractivity contribution is 5.41. The molecule has 0 amide bonds. The molecule has 7 nitrogen and oxygen atoms in total. The smallest absolute Gasteiger partial charge is 0.161 e. The Bertz CT molecular complexity index is 706. The second-order valence-electron chi connectivity index (χ2n) is 6.62. The topological polar surface area (TPSA) is 89.4 Å². The van der Waals surface area contributed by atoms with E-state index in [0.29, 0.717) is 23.0 Å². The van der Waals surface area contributed by atoms with Gasteiger partial charge in [-0.2, -0.15) is 0 Å². The molecule has 2 aliphatic heterocycles. The predicted octanol–water partition coefficient (Wildman–Crippen LogP) is 0.978. The maximum absolute atomic E-state index is 10.3. The van der Waals surface area contributed by atoms with Crippen LogP contribution in [0.4, 0.5) is 0 Å². The lowest BCUT2D eigenvalue weighted by atomic mass is 10.1. The van der Waals surface area contributed by atoms with Gasteiger partial charge in [-0.3, -0.25) is 0 Å². The molecular formula is C20H23NO6. The van der Waals surface area contributed by atoms with Crippen molar-refractivity contribution >= 4 is 0 Å². The van der Waals surface area contributed by atoms with Gasteiger partial charge in [-0.15, -0.1) is 0 Å². The molecule has 7 heteroatoms. The highest BCUT2D eigenvalue weighted by Gasteiger charge is 2.29. The molecule has 0 radical (unpaired) electrons. The molecule has 2 aromatic rings. The van der Waals surface area contributed by atoms with Gasteiger partial charge in [-0.05, 0) is 24.3 Å². The van der Waals surface area contributed by atoms with E-state index < -0.39 is 24.4 Å². The number of para-hydroxylation sites is 4. The molecule has 2 unspecified atom stereocenters. The van der Waals surface area contributed by atoms with E-state index in [1.807, 2.05) is 48.5 Å². The number of fused-ring (bicyclic) bond motifs is 2. The van der Waals surface area contributed by atoms with E-state index in [-0.39, 0.29) is 26.3 Å². The summed E-state index contributed by atoms with van der Waals surface area (Å²) in [6.45, 7) is 1.08. The lowest BCUT2D eigenvalue weighted by molar-refractivity contribution is -0.0212. The van der Waals surface area contributed by atoms with Crippen LogP contribution in [0.2, 0.25) is 0 Å². The summed E-state index contributed by atoms with van der Waals surface area (Å²) in [7, 11) is 0. The van der Waals surface area contributed by atoms with Gasteiger partial charge in [-0.1, -0.05) is 24.3 Å². The Labute approximate surface area is 157 Å². The molecule has 2 heterocycles. The molecule has 0 fully saturated rings. The average Bonchev–Trinajstić information content (AvgIpc) is 2.72. The van der Waals surface area contributed by atoms with E-state index in [2.05, 4.69) is 5.32 Å². The summed E-state index contributed by atoms with van der Waals surface area (Å²) >= 11 is 0. The monoisotopic (exact) mass is 373 g/mol. The van der Waals surface area contributed by atoms with Gasteiger partial charge in [-0.25, -0.2) is 0 Å². The molecular weight excluding hydrogens is 350 g/mol. The summed E-state index contributed by atoms with van der Waals surface area (Å²) in [6, 6.07) is 14.7. The van der Waals surface area contributed by atoms with E-state index in [4.69, 9.17) is 18.9 Å². The first-order valence-electron chi connectivity index (χ1n) is 9.04. The van der Waals surface area contributed by atoms with Crippen molar-refractivity contribution in [2.45, 2.75) is 24.4 Å². The van der Waals surface area contributed by atoms with Crippen LogP contribution in [-0.2, 0) is 0 Å². The van der Waals surface area contributed by atoms with Gasteiger partial charge in [0.1, 0.15) is 25.4 Å². The number of aliphatic hydroxyl groups excluding tert-OH is 2. The Morgan fingerprint density at radius 1 is 0.741 bits per heavy atom. The third-order valence-electron chi connectivity index (χ3n) is 4.63. The summed E-state index contributed by atoms with van der Waals surface area (Å²) < 4.78 is 22.8. The summed E-state index contributed by atoms with van der Waals surface area (Å²) in [5, 5.41) is 23.8. The number of aliphatic hydroxyl groups is 2. The zero-order valence-corrected chi connectivity index (χ0v) is 14.8. The normalized spacial score (nSPS) is 22.7. The van der Waals surface area contributed by atoms with Crippen LogP contribution < -0.4 is 24.3 Å². The SMILES string of the molecule is OC(CNCC(O)[C@@H]1COc2ccccc2O1)[C@@H]1COc2ccccc2O1. The quantitative estimate of drug-likeness (QED) is 0.695. The Balaban J connectivity index is 1.23. The van der Waals surface area contributed by atoms with Crippen LogP contribution in [-0.4, -0.2) is 60.9 Å². The van der Waals surface area contributed by atoms with Crippen molar-refractivity contribution in [1.82, 2.24) is 5.32 Å². The maximum Gasteiger partial charge on any atom is 0.161 e. The lowest BCUT2D eigenvalue weighted by Gasteiger charge is -2.31. The highest BCUT2D eigenvalue weighted by Crippen LogP contribution is 2.32. The number of ether oxygens (including phenoxy) is 4. The van der Waals surface area contributed by atoms with Crippen LogP contribution in [0, 0.1) is 0 Å². The molecule has 0 aliphatic carbocycles. The van der Waals surface area contributed by atoms with Gasteiger partial charge < -0.3 is 34.5 Å². The maximum atomic E-state index is 10.3. The molecule has 2 aromatic carbocycles. The Morgan fingerprint density at radius 2 is 1.15 bits per heavy atom. The van der Waals surface area contributed by atoms with Crippen molar-refractivity contribution < 1.29 is 29.2 Å². The van der Waals surface area contributed by atoms with Crippen LogP contribution in [0.15, 0.2) is 48.5 Å². The number of benzene rings is 2. The van der Waals surface area contributed by atoms with Crippen molar-refractivity contribution in [2.24, 2.45) is 0 Å². The molecule has 0 spiro atoms. The molecule has 0 aromatic heterocycles. The lowest BCUT2D eigenvalue weighted by Crippen LogP contribution is -2.49. The summed E-state index contributed by atoms with van der Waals surface area (Å²) in [5.41, 5.74) is 0. The minimum absolute atomic E-state index is 0.261. The number of nitrogens with one attached hydrogen (secondary N) is 1. The Morgan fingerprint density at radius 3 is 1.59 bits per heavy atom. The summed E-state index contributed by atoms with van der Waals surface area (Å²) in [5.74, 6) is 2.61. The molecule has 4 atom stereocenters. The third kappa shape index (κ3) is 4.10. The van der Waals surface area contributed by atoms with Gasteiger partial charge in [0.15, 0.2) is 35.2 Å². The largest absolute Gasteiger partial charge is 0.486 e. The molecule has 4 rings (SSSR count). The summed E-state index contributed by atoms with van der Waals surface area (Å²) in [4.78, 5) is 0. The summed E-state index contributed by atoms with van der Waals surface area (Å²) in [6.07, 6.45) is -2.47. The molecule has 2 aliphatic rings. The van der Waals surface area contributed by atoms with Crippen LogP contribution in [0.1, 0.15) is 0 Å². The van der Waals surface area contributed by atoms with E-state index >= 15 is 0 Å². The van der Waals surface area contributed by atoms with Crippen molar-refractivity contribution in [1.29, 1.82) is 0 Å². The fourth-order valence-electron chi connectivity index (χ4n) is 3.09. The first-order chi connectivity index (χ1) is 13.2. The van der Waals surface area contributed by atoms with Gasteiger partial charge in [0, 0.05) is 13.1 Å². The Hall–Kier alpha value is -2.48. The van der Waals surface area contributed by atoms with Gasteiger partial charge in [0.05, 0.1) is 0 Å². The van der Waals surface area contributed by atoms with E-state index in [1.54, 1.807) is 0 Å². The van der Waals surface area contributed by atoms with Gasteiger partial charge >= 0.3 is 0 Å². The van der Waals surface area contributed by atoms with Crippen molar-refractivity contribution in [2.75, 3.05) is 26.3 Å². The van der Waals surface area contributed by atoms with Crippen molar-refractivity contribution in [3.63, 3.8) is 0 Å². The number of rotatable bonds is 6. The van der Waals surface area contributed by atoms with Crippen molar-refractivity contribution in [3.05, 3.63) is 48.5 Å². The molecule has 3 N–H and O–H groups in total. The fraction of sp³-hybridized carbons (Fsp3) is 0.400. The minimum Gasteiger partial charge on any atom is -0.486 e. The Kier molecular flexibility index (Phi) is 5.33. The molecule has 27 heavy (non-hydrogen) atoms. The highest BCUT2D eigenvalue weighted by atomic mass is 16.6. The molecule has 144 valence electrons. The third-order valence-corrected chi connectivity index (χ3v) is 4.63. The van der Waals surface area contributed by atoms with Crippen LogP contribution in [0.3, 0.4) is 0 Å². The first kappa shape index (κ1) is 17.9. The standard InChI is InChI=1S/C20H23NO6/c22-13(19-11-24-15-5-1-3-7-17(15)26-19)9-21-10-14(23)20-12-25-16-6-2-4-8-18(16)27-20/h1-8,13-14,19-23H,9-12H2/t13?,14?,19-,20-/m0/s1. The number of hydrogen-bond acceptors (Lipinski definition) is 7.